The van der Waals surface area contributed by atoms with Crippen LogP contribution in [0.4, 0.5) is 13.2 Å². The summed E-state index contributed by atoms with van der Waals surface area (Å²) in [6.45, 7) is 1.24. The molecule has 0 aliphatic carbocycles. The zero-order valence-corrected chi connectivity index (χ0v) is 18.3. The van der Waals surface area contributed by atoms with Crippen molar-refractivity contribution in [2.45, 2.75) is 39.0 Å². The van der Waals surface area contributed by atoms with Crippen molar-refractivity contribution in [1.82, 2.24) is 24.5 Å². The maximum atomic E-state index is 12.9. The first-order valence-corrected chi connectivity index (χ1v) is 10.4. The average molecular weight is 478 g/mol. The van der Waals surface area contributed by atoms with E-state index in [0.29, 0.717) is 22.8 Å². The molecule has 2 aromatic carbocycles. The van der Waals surface area contributed by atoms with Crippen molar-refractivity contribution in [1.29, 1.82) is 0 Å². The van der Waals surface area contributed by atoms with Gasteiger partial charge in [0.15, 0.2) is 11.6 Å². The third-order valence-electron chi connectivity index (χ3n) is 5.05. The van der Waals surface area contributed by atoms with Crippen LogP contribution in [0.1, 0.15) is 29.3 Å². The number of aromatic nitrogens is 5. The van der Waals surface area contributed by atoms with Gasteiger partial charge in [0.05, 0.1) is 6.42 Å². The molecule has 0 radical (unpaired) electrons. The molecule has 0 fully saturated rings. The predicted molar refractivity (Wildman–Crippen MR) is 115 cm³/mol. The van der Waals surface area contributed by atoms with Gasteiger partial charge in [-0.3, -0.25) is 4.57 Å². The minimum atomic E-state index is -4.42. The van der Waals surface area contributed by atoms with Gasteiger partial charge in [-0.05, 0) is 42.3 Å². The Morgan fingerprint density at radius 2 is 1.82 bits per heavy atom. The van der Waals surface area contributed by atoms with Crippen LogP contribution in [0.5, 0.6) is 0 Å². The zero-order chi connectivity index (χ0) is 23.6. The van der Waals surface area contributed by atoms with Gasteiger partial charge in [-0.1, -0.05) is 41.0 Å². The van der Waals surface area contributed by atoms with E-state index < -0.39 is 24.8 Å². The summed E-state index contributed by atoms with van der Waals surface area (Å²) in [5.74, 6) is 0.658. The Kier molecular flexibility index (Phi) is 6.37. The highest BCUT2D eigenvalue weighted by Gasteiger charge is 2.28. The molecule has 4 rings (SSSR count). The second-order valence-corrected chi connectivity index (χ2v) is 7.93. The molecule has 0 bridgehead atoms. The molecule has 0 amide bonds. The van der Waals surface area contributed by atoms with Gasteiger partial charge >= 0.3 is 11.9 Å². The van der Waals surface area contributed by atoms with Gasteiger partial charge in [0.1, 0.15) is 6.54 Å². The molecule has 0 atom stereocenters. The maximum absolute atomic E-state index is 12.9. The summed E-state index contributed by atoms with van der Waals surface area (Å²) in [6, 6.07) is 14.1. The van der Waals surface area contributed by atoms with Crippen molar-refractivity contribution in [2.75, 3.05) is 0 Å². The zero-order valence-electron chi connectivity index (χ0n) is 17.5. The van der Waals surface area contributed by atoms with Crippen LogP contribution in [0.25, 0.3) is 11.4 Å². The predicted octanol–water partition coefficient (Wildman–Crippen LogP) is 4.65. The smallest absolute Gasteiger partial charge is 0.337 e. The number of alkyl halides is 3. The van der Waals surface area contributed by atoms with Gasteiger partial charge in [0.25, 0.3) is 0 Å². The second-order valence-electron chi connectivity index (χ2n) is 7.50. The van der Waals surface area contributed by atoms with Gasteiger partial charge in [-0.2, -0.15) is 18.2 Å². The fourth-order valence-electron chi connectivity index (χ4n) is 3.33. The molecular weight excluding hydrogens is 459 g/mol. The molecule has 172 valence electrons. The van der Waals surface area contributed by atoms with Crippen molar-refractivity contribution in [2.24, 2.45) is 0 Å². The fourth-order valence-corrected chi connectivity index (χ4v) is 3.46. The number of nitrogens with zero attached hydrogens (tertiary/aromatic N) is 5. The first-order chi connectivity index (χ1) is 15.7. The summed E-state index contributed by atoms with van der Waals surface area (Å²) < 4.78 is 45.8. The van der Waals surface area contributed by atoms with Crippen LogP contribution >= 0.6 is 11.6 Å². The van der Waals surface area contributed by atoms with Gasteiger partial charge < -0.3 is 4.52 Å². The highest BCUT2D eigenvalue weighted by Crippen LogP contribution is 2.23. The van der Waals surface area contributed by atoms with Crippen molar-refractivity contribution >= 4 is 11.6 Å². The SMILES string of the molecule is Cc1ccccc1Cc1noc(Cn2nc(-c3ccc(Cl)cc3)n(CCC(F)(F)F)c2=O)n1. The van der Waals surface area contributed by atoms with E-state index in [1.807, 2.05) is 31.2 Å². The number of hydrogen-bond donors (Lipinski definition) is 0. The lowest BCUT2D eigenvalue weighted by molar-refractivity contribution is -0.136. The Bertz CT molecular complexity index is 1310. The van der Waals surface area contributed by atoms with Crippen LogP contribution in [-0.4, -0.2) is 30.7 Å². The number of halogens is 4. The minimum Gasteiger partial charge on any atom is -0.337 e. The van der Waals surface area contributed by atoms with Crippen LogP contribution in [0.15, 0.2) is 57.8 Å². The Morgan fingerprint density at radius 1 is 1.09 bits per heavy atom. The van der Waals surface area contributed by atoms with Crippen molar-refractivity contribution < 1.29 is 17.7 Å². The van der Waals surface area contributed by atoms with E-state index in [4.69, 9.17) is 16.1 Å². The van der Waals surface area contributed by atoms with E-state index in [1.165, 1.54) is 0 Å². The second kappa shape index (κ2) is 9.22. The normalized spacial score (nSPS) is 11.8. The molecule has 0 saturated carbocycles. The topological polar surface area (TPSA) is 78.7 Å². The lowest BCUT2D eigenvalue weighted by atomic mass is 10.1. The molecule has 0 saturated heterocycles. The van der Waals surface area contributed by atoms with Gasteiger partial charge in [-0.25, -0.2) is 9.48 Å². The first kappa shape index (κ1) is 22.8. The molecule has 33 heavy (non-hydrogen) atoms. The Balaban J connectivity index is 1.61. The fraction of sp³-hybridized carbons (Fsp3) is 0.273. The standard InChI is InChI=1S/C22H19ClF3N5O2/c1-14-4-2-3-5-16(14)12-18-27-19(33-29-18)13-31-21(32)30(11-10-22(24,25)26)20(28-31)15-6-8-17(23)9-7-15/h2-9H,10-13H2,1H3. The summed E-state index contributed by atoms with van der Waals surface area (Å²) in [4.78, 5) is 17.2. The van der Waals surface area contributed by atoms with Crippen LogP contribution in [-0.2, 0) is 19.5 Å². The number of hydrogen-bond acceptors (Lipinski definition) is 5. The highest BCUT2D eigenvalue weighted by molar-refractivity contribution is 6.30. The summed E-state index contributed by atoms with van der Waals surface area (Å²) in [5, 5.41) is 8.64. The van der Waals surface area contributed by atoms with Crippen LogP contribution in [0, 0.1) is 6.92 Å². The third kappa shape index (κ3) is 5.51. The van der Waals surface area contributed by atoms with Crippen LogP contribution in [0.3, 0.4) is 0 Å². The van der Waals surface area contributed by atoms with E-state index in [9.17, 15) is 18.0 Å². The summed E-state index contributed by atoms with van der Waals surface area (Å²) in [7, 11) is 0. The van der Waals surface area contributed by atoms with Crippen molar-refractivity contribution in [3.63, 3.8) is 0 Å². The minimum absolute atomic E-state index is 0.0977. The van der Waals surface area contributed by atoms with E-state index >= 15 is 0 Å². The first-order valence-electron chi connectivity index (χ1n) is 10.1. The number of rotatable bonds is 7. The lowest BCUT2D eigenvalue weighted by Crippen LogP contribution is -2.27. The Labute approximate surface area is 191 Å². The highest BCUT2D eigenvalue weighted by atomic mass is 35.5. The largest absolute Gasteiger partial charge is 0.390 e. The van der Waals surface area contributed by atoms with Crippen molar-refractivity contribution in [3.8, 4) is 11.4 Å². The molecule has 4 aromatic rings. The average Bonchev–Trinajstić information content (AvgIpc) is 3.33. The quantitative estimate of drug-likeness (QED) is 0.387. The third-order valence-corrected chi connectivity index (χ3v) is 5.30. The Morgan fingerprint density at radius 3 is 2.52 bits per heavy atom. The lowest BCUT2D eigenvalue weighted by Gasteiger charge is -2.08. The molecule has 7 nitrogen and oxygen atoms in total. The molecule has 0 aliphatic rings. The molecule has 0 unspecified atom stereocenters. The van der Waals surface area contributed by atoms with Gasteiger partial charge in [0.2, 0.25) is 5.89 Å². The van der Waals surface area contributed by atoms with Gasteiger partial charge in [0, 0.05) is 23.6 Å². The molecule has 2 aromatic heterocycles. The van der Waals surface area contributed by atoms with E-state index in [1.54, 1.807) is 24.3 Å². The number of aryl methyl sites for hydroxylation is 1. The molecule has 0 spiro atoms. The molecule has 2 heterocycles. The Hall–Kier alpha value is -3.40. The number of benzene rings is 2. The molecule has 11 heteroatoms. The monoisotopic (exact) mass is 477 g/mol. The summed E-state index contributed by atoms with van der Waals surface area (Å²) in [5.41, 5.74) is 1.87. The van der Waals surface area contributed by atoms with E-state index in [-0.39, 0.29) is 18.3 Å². The van der Waals surface area contributed by atoms with Crippen LogP contribution in [0.2, 0.25) is 5.02 Å². The maximum Gasteiger partial charge on any atom is 0.390 e. The van der Waals surface area contributed by atoms with E-state index in [0.717, 1.165) is 20.4 Å². The van der Waals surface area contributed by atoms with Crippen LogP contribution < -0.4 is 5.69 Å². The summed E-state index contributed by atoms with van der Waals surface area (Å²) >= 11 is 5.90. The van der Waals surface area contributed by atoms with Gasteiger partial charge in [-0.15, -0.1) is 5.10 Å². The summed E-state index contributed by atoms with van der Waals surface area (Å²) in [6.07, 6.45) is -5.14. The van der Waals surface area contributed by atoms with E-state index in [2.05, 4.69) is 15.2 Å². The molecule has 0 aliphatic heterocycles. The molecule has 0 N–H and O–H groups in total. The molecular formula is C22H19ClF3N5O2. The van der Waals surface area contributed by atoms with Crippen molar-refractivity contribution in [3.05, 3.63) is 86.9 Å².